The third kappa shape index (κ3) is 7.84. The van der Waals surface area contributed by atoms with Gasteiger partial charge in [0.25, 0.3) is 0 Å². The molecule has 4 aromatic rings. The Morgan fingerprint density at radius 2 is 1.04 bits per heavy atom. The molecule has 6 rings (SSSR count). The molecule has 0 fully saturated rings. The first kappa shape index (κ1) is 37.6. The standard InChI is InChI=1S/C39H40F3N4.CN.Pt/c1-26-19-35-36(20-27(26)2)46(25-45(35)32-15-11-29(12-16-32)38(6,7)8)34-22-30(39(40,41)42)21-33(23-34)44-18-17-43(24-44)31-13-9-28(10-14-31)37(3,4)5;1-2;/h9-22,24-25H,1-8H3;;/q-3;-1;+4. The van der Waals surface area contributed by atoms with Gasteiger partial charge in [-0.2, -0.15) is 13.2 Å². The van der Waals surface area contributed by atoms with Gasteiger partial charge in [0.05, 0.1) is 0 Å². The van der Waals surface area contributed by atoms with Gasteiger partial charge >= 0.3 is 27.2 Å². The number of halogens is 3. The van der Waals surface area contributed by atoms with Gasteiger partial charge in [0.15, 0.2) is 0 Å². The van der Waals surface area contributed by atoms with E-state index >= 15 is 0 Å². The summed E-state index contributed by atoms with van der Waals surface area (Å²) in [5, 5.41) is 6.25. The first-order valence-corrected chi connectivity index (χ1v) is 15.7. The molecule has 256 valence electrons. The average molecular weight is 843 g/mol. The topological polar surface area (TPSA) is 36.8 Å². The molecule has 5 nitrogen and oxygen atoms in total. The van der Waals surface area contributed by atoms with Crippen LogP contribution in [-0.4, -0.2) is 0 Å². The zero-order chi connectivity index (χ0) is 35.2. The van der Waals surface area contributed by atoms with Crippen LogP contribution in [0.1, 0.15) is 69.4 Å². The van der Waals surface area contributed by atoms with E-state index in [1.165, 1.54) is 17.2 Å². The monoisotopic (exact) mass is 842 g/mol. The molecule has 4 aromatic carbocycles. The van der Waals surface area contributed by atoms with Crippen LogP contribution >= 0.6 is 0 Å². The number of nitrogens with zero attached hydrogens (tertiary/aromatic N) is 5. The summed E-state index contributed by atoms with van der Waals surface area (Å²) in [6, 6.07) is 26.3. The van der Waals surface area contributed by atoms with E-state index in [0.717, 1.165) is 39.9 Å². The van der Waals surface area contributed by atoms with E-state index in [4.69, 9.17) is 11.8 Å². The Bertz CT molecular complexity index is 1830. The maximum Gasteiger partial charge on any atom is 4.00 e. The minimum absolute atomic E-state index is 0. The Balaban J connectivity index is 0.00000177. The number of alkyl halides is 3. The summed E-state index contributed by atoms with van der Waals surface area (Å²) in [4.78, 5) is 7.41. The Morgan fingerprint density at radius 3 is 1.53 bits per heavy atom. The van der Waals surface area contributed by atoms with E-state index in [-0.39, 0.29) is 31.9 Å². The van der Waals surface area contributed by atoms with E-state index in [1.807, 2.05) is 54.7 Å². The third-order valence-corrected chi connectivity index (χ3v) is 8.73. The smallest absolute Gasteiger partial charge is 0.512 e. The Hall–Kier alpha value is -4.21. The Labute approximate surface area is 303 Å². The molecule has 0 radical (unpaired) electrons. The summed E-state index contributed by atoms with van der Waals surface area (Å²) >= 11 is 0. The second kappa shape index (κ2) is 14.0. The quantitative estimate of drug-likeness (QED) is 0.191. The number of fused-ring (bicyclic) bond motifs is 1. The van der Waals surface area contributed by atoms with Crippen LogP contribution < -0.4 is 19.6 Å². The van der Waals surface area contributed by atoms with Gasteiger partial charge in [0, 0.05) is 22.7 Å². The number of anilines is 6. The molecule has 49 heavy (non-hydrogen) atoms. The summed E-state index contributed by atoms with van der Waals surface area (Å²) in [6.07, 6.45) is -0.948. The van der Waals surface area contributed by atoms with Crippen LogP contribution in [0.15, 0.2) is 85.2 Å². The Morgan fingerprint density at radius 1 is 0.592 bits per heavy atom. The molecule has 0 unspecified atom stereocenters. The molecule has 0 atom stereocenters. The van der Waals surface area contributed by atoms with Gasteiger partial charge in [0.2, 0.25) is 0 Å². The predicted molar refractivity (Wildman–Crippen MR) is 188 cm³/mol. The zero-order valence-corrected chi connectivity index (χ0v) is 31.2. The van der Waals surface area contributed by atoms with E-state index < -0.39 is 11.7 Å². The molecule has 2 aliphatic heterocycles. The summed E-state index contributed by atoms with van der Waals surface area (Å²) < 4.78 is 43.1. The van der Waals surface area contributed by atoms with Crippen LogP contribution in [0.3, 0.4) is 0 Å². The van der Waals surface area contributed by atoms with Crippen LogP contribution in [0.2, 0.25) is 0 Å². The van der Waals surface area contributed by atoms with Crippen molar-refractivity contribution in [1.29, 1.82) is 5.26 Å². The van der Waals surface area contributed by atoms with Crippen molar-refractivity contribution < 1.29 is 34.2 Å². The number of benzene rings is 4. The number of aryl methyl sites for hydroxylation is 2. The van der Waals surface area contributed by atoms with Crippen LogP contribution in [0.25, 0.3) is 0 Å². The van der Waals surface area contributed by atoms with E-state index in [9.17, 15) is 13.2 Å². The fraction of sp³-hybridized carbons (Fsp3) is 0.275. The van der Waals surface area contributed by atoms with Gasteiger partial charge in [0.1, 0.15) is 0 Å². The van der Waals surface area contributed by atoms with Crippen LogP contribution in [-0.2, 0) is 38.1 Å². The van der Waals surface area contributed by atoms with Crippen LogP contribution in [0.4, 0.5) is 47.3 Å². The molecule has 0 spiro atoms. The van der Waals surface area contributed by atoms with Gasteiger partial charge in [-0.15, -0.1) is 42.9 Å². The van der Waals surface area contributed by atoms with Gasteiger partial charge < -0.3 is 31.4 Å². The minimum atomic E-state index is -4.54. The van der Waals surface area contributed by atoms with Gasteiger partial charge in [-0.1, -0.05) is 71.4 Å². The minimum Gasteiger partial charge on any atom is -0.512 e. The molecule has 2 heterocycles. The second-order valence-electron chi connectivity index (χ2n) is 14.2. The maximum absolute atomic E-state index is 14.4. The molecule has 0 amide bonds. The average Bonchev–Trinajstić information content (AvgIpc) is 3.67. The van der Waals surface area contributed by atoms with Crippen LogP contribution in [0, 0.1) is 45.1 Å². The van der Waals surface area contributed by atoms with E-state index in [2.05, 4.69) is 90.1 Å². The van der Waals surface area contributed by atoms with Crippen molar-refractivity contribution in [3.05, 3.63) is 139 Å². The normalized spacial score (nSPS) is 14.4. The zero-order valence-electron chi connectivity index (χ0n) is 28.9. The molecule has 0 aliphatic carbocycles. The number of rotatable bonds is 4. The summed E-state index contributed by atoms with van der Waals surface area (Å²) in [7, 11) is 0. The SMILES string of the molecule is Cc1cc2c(cc1C)N(c1ccc(C(C)(C)C)cc1)[CH-]N2c1[c-]c(N2C=CN(c3ccc(C(C)(C)C)cc3)[CH-]2)cc(C(F)(F)F)c1.[C-]#N.[Pt+4]. The van der Waals surface area contributed by atoms with Gasteiger partial charge in [-0.3, -0.25) is 0 Å². The van der Waals surface area contributed by atoms with Crippen molar-refractivity contribution in [2.75, 3.05) is 19.6 Å². The number of hydrogen-bond acceptors (Lipinski definition) is 5. The second-order valence-corrected chi connectivity index (χ2v) is 14.2. The molecule has 2 aliphatic rings. The fourth-order valence-electron chi connectivity index (χ4n) is 5.69. The molecule has 0 saturated carbocycles. The predicted octanol–water partition coefficient (Wildman–Crippen LogP) is 11.1. The first-order valence-electron chi connectivity index (χ1n) is 15.7. The molecule has 0 bridgehead atoms. The van der Waals surface area contributed by atoms with Crippen molar-refractivity contribution in [3.8, 4) is 0 Å². The molecule has 9 heteroatoms. The van der Waals surface area contributed by atoms with Crippen LogP contribution in [0.5, 0.6) is 0 Å². The van der Waals surface area contributed by atoms with E-state index in [1.54, 1.807) is 22.7 Å². The van der Waals surface area contributed by atoms with Crippen molar-refractivity contribution in [1.82, 2.24) is 0 Å². The van der Waals surface area contributed by atoms with Gasteiger partial charge in [-0.05, 0) is 95.7 Å². The Kier molecular flexibility index (Phi) is 10.7. The first-order chi connectivity index (χ1) is 22.5. The largest absolute Gasteiger partial charge is 4.00 e. The third-order valence-electron chi connectivity index (χ3n) is 8.73. The summed E-state index contributed by atoms with van der Waals surface area (Å²) in [6.45, 7) is 25.4. The molecular formula is C40H40F3N5Pt. The maximum atomic E-state index is 14.4. The summed E-state index contributed by atoms with van der Waals surface area (Å²) in [5.41, 5.74) is 7.99. The van der Waals surface area contributed by atoms with Crippen molar-refractivity contribution in [2.24, 2.45) is 0 Å². The van der Waals surface area contributed by atoms with Crippen molar-refractivity contribution >= 4 is 34.1 Å². The van der Waals surface area contributed by atoms with Gasteiger partial charge in [-0.25, -0.2) is 0 Å². The number of hydrogen-bond donors (Lipinski definition) is 0. The fourth-order valence-corrected chi connectivity index (χ4v) is 5.69. The molecule has 0 N–H and O–H groups in total. The molecular weight excluding hydrogens is 803 g/mol. The van der Waals surface area contributed by atoms with Crippen molar-refractivity contribution in [2.45, 2.75) is 72.4 Å². The molecule has 0 saturated heterocycles. The summed E-state index contributed by atoms with van der Waals surface area (Å²) in [5.74, 6) is 0. The van der Waals surface area contributed by atoms with Crippen molar-refractivity contribution in [3.63, 3.8) is 0 Å². The van der Waals surface area contributed by atoms with E-state index in [0.29, 0.717) is 11.4 Å². The molecule has 0 aromatic heterocycles.